The van der Waals surface area contributed by atoms with E-state index in [4.69, 9.17) is 4.74 Å². The molecule has 0 aromatic heterocycles. The molecule has 0 bridgehead atoms. The lowest BCUT2D eigenvalue weighted by Gasteiger charge is -2.22. The van der Waals surface area contributed by atoms with E-state index >= 15 is 0 Å². The summed E-state index contributed by atoms with van der Waals surface area (Å²) in [5.41, 5.74) is 4.65. The van der Waals surface area contributed by atoms with Crippen LogP contribution in [0.5, 0.6) is 11.5 Å². The highest BCUT2D eigenvalue weighted by Gasteiger charge is 2.28. The van der Waals surface area contributed by atoms with Crippen LogP contribution in [-0.4, -0.2) is 0 Å². The predicted molar refractivity (Wildman–Crippen MR) is 181 cm³/mol. The molecule has 0 N–H and O–H groups in total. The smallest absolute Gasteiger partial charge is 0.200 e. The van der Waals surface area contributed by atoms with Gasteiger partial charge >= 0.3 is 0 Å². The largest absolute Gasteiger partial charge is 0.456 e. The van der Waals surface area contributed by atoms with Gasteiger partial charge in [0.25, 0.3) is 0 Å². The summed E-state index contributed by atoms with van der Waals surface area (Å²) in [5.74, 6) is -8.30. The van der Waals surface area contributed by atoms with Crippen LogP contribution in [0.4, 0.5) is 22.0 Å². The van der Waals surface area contributed by atoms with Crippen molar-refractivity contribution in [1.29, 1.82) is 0 Å². The summed E-state index contributed by atoms with van der Waals surface area (Å²) < 4.78 is 78.7. The first-order valence-corrected chi connectivity index (χ1v) is 15.3. The molecule has 0 amide bonds. The van der Waals surface area contributed by atoms with E-state index in [0.717, 1.165) is 66.4 Å². The molecule has 0 saturated carbocycles. The van der Waals surface area contributed by atoms with Crippen molar-refractivity contribution in [2.24, 2.45) is 0 Å². The number of halogens is 5. The zero-order valence-corrected chi connectivity index (χ0v) is 24.9. The lowest BCUT2D eigenvalue weighted by Crippen LogP contribution is -2.04. The second-order valence-corrected chi connectivity index (χ2v) is 11.8. The molecule has 6 heteroatoms. The minimum absolute atomic E-state index is 0.0885. The second-order valence-electron chi connectivity index (χ2n) is 11.8. The van der Waals surface area contributed by atoms with Crippen molar-refractivity contribution in [3.05, 3.63) is 156 Å². The highest BCUT2D eigenvalue weighted by Crippen LogP contribution is 2.48. The van der Waals surface area contributed by atoms with Gasteiger partial charge in [-0.05, 0) is 78.5 Å². The monoisotopic (exact) mass is 636 g/mol. The maximum absolute atomic E-state index is 15.0. The van der Waals surface area contributed by atoms with Gasteiger partial charge in [-0.15, -0.1) is 0 Å². The zero-order valence-electron chi connectivity index (χ0n) is 24.9. The minimum atomic E-state index is -2.19. The van der Waals surface area contributed by atoms with Crippen LogP contribution in [0.1, 0.15) is 0 Å². The van der Waals surface area contributed by atoms with Gasteiger partial charge < -0.3 is 4.74 Å². The van der Waals surface area contributed by atoms with Gasteiger partial charge in [-0.2, -0.15) is 0 Å². The van der Waals surface area contributed by atoms with Crippen LogP contribution < -0.4 is 4.74 Å². The van der Waals surface area contributed by atoms with Gasteiger partial charge in [-0.1, -0.05) is 109 Å². The molecule has 0 atom stereocenters. The highest BCUT2D eigenvalue weighted by atomic mass is 19.2. The number of hydrogen-bond donors (Lipinski definition) is 0. The molecule has 1 aliphatic heterocycles. The third kappa shape index (κ3) is 4.02. The maximum atomic E-state index is 15.0. The van der Waals surface area contributed by atoms with Crippen LogP contribution in [0.15, 0.2) is 127 Å². The van der Waals surface area contributed by atoms with E-state index in [-0.39, 0.29) is 5.56 Å². The summed E-state index contributed by atoms with van der Waals surface area (Å²) in [5, 5.41) is 5.07. The van der Waals surface area contributed by atoms with Crippen LogP contribution in [0.25, 0.3) is 76.8 Å². The third-order valence-electron chi connectivity index (χ3n) is 9.29. The van der Waals surface area contributed by atoms with Crippen molar-refractivity contribution in [2.75, 3.05) is 0 Å². The fourth-order valence-corrected chi connectivity index (χ4v) is 7.11. The number of benzene rings is 8. The lowest BCUT2D eigenvalue weighted by molar-refractivity contribution is 0.381. The fourth-order valence-electron chi connectivity index (χ4n) is 7.11. The number of hydrogen-bond acceptors (Lipinski definition) is 1. The Morgan fingerprint density at radius 2 is 0.854 bits per heavy atom. The molecule has 1 heterocycles. The molecule has 8 aromatic rings. The molecule has 0 fully saturated rings. The predicted octanol–water partition coefficient (Wildman–Crippen LogP) is 12.6. The Hall–Kier alpha value is -6.01. The first-order valence-electron chi connectivity index (χ1n) is 15.3. The molecule has 0 aliphatic carbocycles. The topological polar surface area (TPSA) is 9.23 Å². The van der Waals surface area contributed by atoms with E-state index < -0.39 is 34.6 Å². The molecule has 8 aromatic carbocycles. The average Bonchev–Trinajstić information content (AvgIpc) is 3.13. The molecule has 9 rings (SSSR count). The minimum Gasteiger partial charge on any atom is -0.456 e. The third-order valence-corrected chi connectivity index (χ3v) is 9.29. The summed E-state index contributed by atoms with van der Waals surface area (Å²) in [6.07, 6.45) is 0. The van der Waals surface area contributed by atoms with Gasteiger partial charge in [-0.25, -0.2) is 22.0 Å². The Kier molecular flexibility index (Phi) is 6.18. The molecule has 0 saturated heterocycles. The Morgan fingerprint density at radius 1 is 0.354 bits per heavy atom. The first kappa shape index (κ1) is 28.2. The standard InChI is InChI=1S/C42H21F5O/c43-38-37(39(44)41(46)42(47)40(38)45)33-20-19-30(27-11-3-4-12-28(27)33)29-18-17-24(25-9-1-2-10-26(25)29)23-15-16-31-32-13-5-7-22-8-6-14-34(36(22)32)48-35(31)21-23/h1-21H. The average molecular weight is 637 g/mol. The summed E-state index contributed by atoms with van der Waals surface area (Å²) >= 11 is 0. The van der Waals surface area contributed by atoms with Crippen molar-refractivity contribution in [3.8, 4) is 56.0 Å². The molecule has 230 valence electrons. The number of rotatable bonds is 3. The van der Waals surface area contributed by atoms with Crippen molar-refractivity contribution in [3.63, 3.8) is 0 Å². The van der Waals surface area contributed by atoms with E-state index in [1.165, 1.54) is 6.07 Å². The van der Waals surface area contributed by atoms with Crippen molar-refractivity contribution >= 4 is 32.3 Å². The van der Waals surface area contributed by atoms with E-state index in [1.807, 2.05) is 48.5 Å². The van der Waals surface area contributed by atoms with Gasteiger partial charge in [0.05, 0.1) is 5.56 Å². The molecular weight excluding hydrogens is 615 g/mol. The molecule has 1 nitrogen and oxygen atoms in total. The SMILES string of the molecule is Fc1c(F)c(F)c(-c2ccc(-c3ccc(-c4ccc5c(c4)Oc4cccc6cccc-5c46)c4ccccc34)c3ccccc23)c(F)c1F. The normalized spacial score (nSPS) is 12.0. The van der Waals surface area contributed by atoms with E-state index in [0.29, 0.717) is 10.8 Å². The van der Waals surface area contributed by atoms with Crippen LogP contribution >= 0.6 is 0 Å². The van der Waals surface area contributed by atoms with Crippen molar-refractivity contribution < 1.29 is 26.7 Å². The molecule has 0 radical (unpaired) electrons. The van der Waals surface area contributed by atoms with Crippen LogP contribution in [-0.2, 0) is 0 Å². The Bertz CT molecular complexity index is 2630. The van der Waals surface area contributed by atoms with E-state index in [9.17, 15) is 22.0 Å². The van der Waals surface area contributed by atoms with Gasteiger partial charge in [0.2, 0.25) is 5.82 Å². The van der Waals surface area contributed by atoms with E-state index in [2.05, 4.69) is 42.5 Å². The number of ether oxygens (including phenoxy) is 1. The quantitative estimate of drug-likeness (QED) is 0.107. The van der Waals surface area contributed by atoms with Crippen molar-refractivity contribution in [1.82, 2.24) is 0 Å². The van der Waals surface area contributed by atoms with Crippen LogP contribution in [0.2, 0.25) is 0 Å². The van der Waals surface area contributed by atoms with Gasteiger partial charge in [-0.3, -0.25) is 0 Å². The van der Waals surface area contributed by atoms with Crippen LogP contribution in [0.3, 0.4) is 0 Å². The molecule has 0 spiro atoms. The van der Waals surface area contributed by atoms with Gasteiger partial charge in [0.15, 0.2) is 23.3 Å². The van der Waals surface area contributed by atoms with Gasteiger partial charge in [0, 0.05) is 10.9 Å². The molecule has 48 heavy (non-hydrogen) atoms. The molecular formula is C42H21F5O. The Morgan fingerprint density at radius 3 is 1.50 bits per heavy atom. The summed E-state index contributed by atoms with van der Waals surface area (Å²) in [7, 11) is 0. The molecule has 0 unspecified atom stereocenters. The Balaban J connectivity index is 1.21. The van der Waals surface area contributed by atoms with Gasteiger partial charge in [0.1, 0.15) is 11.5 Å². The summed E-state index contributed by atoms with van der Waals surface area (Å²) in [6, 6.07) is 40.4. The summed E-state index contributed by atoms with van der Waals surface area (Å²) in [4.78, 5) is 0. The maximum Gasteiger partial charge on any atom is 0.200 e. The summed E-state index contributed by atoms with van der Waals surface area (Å²) in [6.45, 7) is 0. The van der Waals surface area contributed by atoms with Crippen LogP contribution in [0, 0.1) is 29.1 Å². The first-order chi connectivity index (χ1) is 23.4. The zero-order chi connectivity index (χ0) is 32.7. The van der Waals surface area contributed by atoms with E-state index in [1.54, 1.807) is 30.3 Å². The lowest BCUT2D eigenvalue weighted by atomic mass is 9.87. The number of fused-ring (bicyclic) bond motifs is 4. The Labute approximate surface area is 271 Å². The van der Waals surface area contributed by atoms with Crippen molar-refractivity contribution in [2.45, 2.75) is 0 Å². The fraction of sp³-hybridized carbons (Fsp3) is 0. The molecule has 1 aliphatic rings. The second kappa shape index (κ2) is 10.5. The highest BCUT2D eigenvalue weighted by molar-refractivity contribution is 6.12.